The Morgan fingerprint density at radius 3 is 2.63 bits per heavy atom. The number of anilines is 1. The van der Waals surface area contributed by atoms with Gasteiger partial charge in [0.05, 0.1) is 17.3 Å². The van der Waals surface area contributed by atoms with Gasteiger partial charge in [0.2, 0.25) is 0 Å². The highest BCUT2D eigenvalue weighted by Gasteiger charge is 2.13. The molecule has 0 atom stereocenters. The summed E-state index contributed by atoms with van der Waals surface area (Å²) >= 11 is 0. The molecule has 0 aliphatic rings. The number of carbonyl (C=O) groups is 1. The average Bonchev–Trinajstić information content (AvgIpc) is 3.11. The van der Waals surface area contributed by atoms with Crippen molar-refractivity contribution in [3.8, 4) is 5.69 Å². The lowest BCUT2D eigenvalue weighted by Crippen LogP contribution is -2.29. The van der Waals surface area contributed by atoms with Crippen molar-refractivity contribution in [3.63, 3.8) is 0 Å². The zero-order valence-electron chi connectivity index (χ0n) is 15.0. The molecule has 0 aliphatic heterocycles. The van der Waals surface area contributed by atoms with Gasteiger partial charge in [-0.3, -0.25) is 15.6 Å². The zero-order chi connectivity index (χ0) is 18.8. The minimum atomic E-state index is -0.246. The number of aromatic nitrogens is 4. The summed E-state index contributed by atoms with van der Waals surface area (Å²) in [5.41, 5.74) is 9.99. The van der Waals surface area contributed by atoms with Crippen LogP contribution in [0.25, 0.3) is 16.7 Å². The van der Waals surface area contributed by atoms with E-state index in [1.165, 1.54) is 11.9 Å². The molecule has 2 aromatic carbocycles. The molecule has 7 heteroatoms. The SMILES string of the molecule is Cc1ccc(-n2ncc3c(NNC(=O)c4ccccc4)ncnc32)c(C)c1. The Kier molecular flexibility index (Phi) is 4.25. The first-order valence-corrected chi connectivity index (χ1v) is 8.51. The van der Waals surface area contributed by atoms with Crippen LogP contribution in [0.1, 0.15) is 21.5 Å². The number of hydrazine groups is 1. The van der Waals surface area contributed by atoms with Gasteiger partial charge in [0.1, 0.15) is 6.33 Å². The van der Waals surface area contributed by atoms with Gasteiger partial charge in [0.25, 0.3) is 5.91 Å². The molecule has 0 saturated carbocycles. The summed E-state index contributed by atoms with van der Waals surface area (Å²) in [6, 6.07) is 15.1. The molecule has 0 saturated heterocycles. The first kappa shape index (κ1) is 16.7. The molecule has 0 bridgehead atoms. The lowest BCUT2D eigenvalue weighted by atomic mass is 10.1. The van der Waals surface area contributed by atoms with E-state index in [0.717, 1.165) is 11.3 Å². The number of nitrogens with zero attached hydrogens (tertiary/aromatic N) is 4. The Morgan fingerprint density at radius 1 is 1.04 bits per heavy atom. The van der Waals surface area contributed by atoms with Gasteiger partial charge in [0, 0.05) is 5.56 Å². The number of fused-ring (bicyclic) bond motifs is 1. The molecule has 2 N–H and O–H groups in total. The number of amides is 1. The summed E-state index contributed by atoms with van der Waals surface area (Å²) in [6.45, 7) is 4.09. The second-order valence-electron chi connectivity index (χ2n) is 6.25. The maximum Gasteiger partial charge on any atom is 0.269 e. The van der Waals surface area contributed by atoms with Crippen LogP contribution in [0.5, 0.6) is 0 Å². The van der Waals surface area contributed by atoms with Crippen molar-refractivity contribution in [3.05, 3.63) is 77.7 Å². The third kappa shape index (κ3) is 3.22. The molecule has 1 amide bonds. The maximum atomic E-state index is 12.2. The van der Waals surface area contributed by atoms with Crippen molar-refractivity contribution in [2.24, 2.45) is 0 Å². The largest absolute Gasteiger partial charge is 0.281 e. The van der Waals surface area contributed by atoms with E-state index in [2.05, 4.69) is 38.9 Å². The number of aryl methyl sites for hydroxylation is 2. The molecule has 7 nitrogen and oxygen atoms in total. The first-order valence-electron chi connectivity index (χ1n) is 8.51. The van der Waals surface area contributed by atoms with Crippen molar-refractivity contribution in [2.75, 3.05) is 5.43 Å². The molecule has 134 valence electrons. The van der Waals surface area contributed by atoms with Crippen LogP contribution < -0.4 is 10.9 Å². The number of carbonyl (C=O) groups excluding carboxylic acids is 1. The third-order valence-electron chi connectivity index (χ3n) is 4.28. The smallest absolute Gasteiger partial charge is 0.269 e. The lowest BCUT2D eigenvalue weighted by Gasteiger charge is -2.10. The van der Waals surface area contributed by atoms with Crippen molar-refractivity contribution in [2.45, 2.75) is 13.8 Å². The highest BCUT2D eigenvalue weighted by Crippen LogP contribution is 2.23. The lowest BCUT2D eigenvalue weighted by molar-refractivity contribution is 0.0962. The van der Waals surface area contributed by atoms with Crippen LogP contribution in [-0.2, 0) is 0 Å². The Morgan fingerprint density at radius 2 is 1.85 bits per heavy atom. The van der Waals surface area contributed by atoms with Crippen LogP contribution in [0.4, 0.5) is 5.82 Å². The Labute approximate surface area is 156 Å². The molecule has 4 aromatic rings. The molecule has 27 heavy (non-hydrogen) atoms. The molecule has 0 unspecified atom stereocenters. The van der Waals surface area contributed by atoms with Crippen molar-refractivity contribution in [1.82, 2.24) is 25.2 Å². The van der Waals surface area contributed by atoms with Crippen molar-refractivity contribution < 1.29 is 4.79 Å². The highest BCUT2D eigenvalue weighted by molar-refractivity contribution is 5.96. The van der Waals surface area contributed by atoms with Crippen LogP contribution in [0.15, 0.2) is 61.1 Å². The topological polar surface area (TPSA) is 84.7 Å². The standard InChI is InChI=1S/C20H18N6O/c1-13-8-9-17(14(2)10-13)26-19-16(11-23-26)18(21-12-22-19)24-25-20(27)15-6-4-3-5-7-15/h3-12H,1-2H3,(H,25,27)(H,21,22,24). The highest BCUT2D eigenvalue weighted by atomic mass is 16.2. The summed E-state index contributed by atoms with van der Waals surface area (Å²) in [5, 5.41) is 5.18. The molecular weight excluding hydrogens is 340 g/mol. The molecule has 4 rings (SSSR count). The van der Waals surface area contributed by atoms with Gasteiger partial charge in [-0.05, 0) is 37.6 Å². The van der Waals surface area contributed by atoms with Gasteiger partial charge in [-0.25, -0.2) is 14.6 Å². The third-order valence-corrected chi connectivity index (χ3v) is 4.28. The number of rotatable bonds is 4. The maximum absolute atomic E-state index is 12.2. The van der Waals surface area contributed by atoms with E-state index < -0.39 is 0 Å². The summed E-state index contributed by atoms with van der Waals surface area (Å²) in [5.74, 6) is 0.240. The van der Waals surface area contributed by atoms with E-state index >= 15 is 0 Å². The second-order valence-corrected chi connectivity index (χ2v) is 6.25. The summed E-state index contributed by atoms with van der Waals surface area (Å²) in [7, 11) is 0. The Balaban J connectivity index is 1.64. The molecular formula is C20H18N6O. The quantitative estimate of drug-likeness (QED) is 0.547. The average molecular weight is 358 g/mol. The minimum absolute atomic E-state index is 0.246. The summed E-state index contributed by atoms with van der Waals surface area (Å²) in [4.78, 5) is 20.8. The fourth-order valence-corrected chi connectivity index (χ4v) is 2.94. The van der Waals surface area contributed by atoms with Gasteiger partial charge >= 0.3 is 0 Å². The van der Waals surface area contributed by atoms with E-state index in [-0.39, 0.29) is 5.91 Å². The van der Waals surface area contributed by atoms with Gasteiger partial charge in [-0.15, -0.1) is 0 Å². The number of hydrogen-bond acceptors (Lipinski definition) is 5. The molecule has 2 heterocycles. The van der Waals surface area contributed by atoms with Crippen LogP contribution in [-0.4, -0.2) is 25.7 Å². The molecule has 0 fully saturated rings. The molecule has 0 spiro atoms. The second kappa shape index (κ2) is 6.87. The summed E-state index contributed by atoms with van der Waals surface area (Å²) in [6.07, 6.45) is 3.13. The fourth-order valence-electron chi connectivity index (χ4n) is 2.94. The van der Waals surface area contributed by atoms with Crippen LogP contribution in [0.3, 0.4) is 0 Å². The van der Waals surface area contributed by atoms with Gasteiger partial charge in [-0.1, -0.05) is 35.9 Å². The predicted molar refractivity (Wildman–Crippen MR) is 104 cm³/mol. The predicted octanol–water partition coefficient (Wildman–Crippen LogP) is 3.19. The Hall–Kier alpha value is -3.74. The first-order chi connectivity index (χ1) is 13.1. The van der Waals surface area contributed by atoms with Gasteiger partial charge in [-0.2, -0.15) is 5.10 Å². The minimum Gasteiger partial charge on any atom is -0.281 e. The van der Waals surface area contributed by atoms with E-state index in [4.69, 9.17) is 0 Å². The molecule has 0 aliphatic carbocycles. The number of benzene rings is 2. The van der Waals surface area contributed by atoms with Gasteiger partial charge < -0.3 is 0 Å². The van der Waals surface area contributed by atoms with Crippen molar-refractivity contribution in [1.29, 1.82) is 0 Å². The van der Waals surface area contributed by atoms with E-state index in [1.54, 1.807) is 23.0 Å². The van der Waals surface area contributed by atoms with Crippen molar-refractivity contribution >= 4 is 22.8 Å². The number of nitrogens with one attached hydrogen (secondary N) is 2. The molecule has 2 aromatic heterocycles. The van der Waals surface area contributed by atoms with Crippen LogP contribution in [0, 0.1) is 13.8 Å². The van der Waals surface area contributed by atoms with Gasteiger partial charge in [0.15, 0.2) is 11.5 Å². The van der Waals surface area contributed by atoms with E-state index in [0.29, 0.717) is 22.4 Å². The van der Waals surface area contributed by atoms with E-state index in [1.807, 2.05) is 37.3 Å². The Bertz CT molecular complexity index is 1120. The monoisotopic (exact) mass is 358 g/mol. The van der Waals surface area contributed by atoms with Crippen LogP contribution >= 0.6 is 0 Å². The van der Waals surface area contributed by atoms with E-state index in [9.17, 15) is 4.79 Å². The molecule has 0 radical (unpaired) electrons. The van der Waals surface area contributed by atoms with Crippen LogP contribution in [0.2, 0.25) is 0 Å². The fraction of sp³-hybridized carbons (Fsp3) is 0.100. The number of hydrogen-bond donors (Lipinski definition) is 2. The normalized spacial score (nSPS) is 10.7. The summed E-state index contributed by atoms with van der Waals surface area (Å²) < 4.78 is 1.77. The zero-order valence-corrected chi connectivity index (χ0v) is 15.0.